The van der Waals surface area contributed by atoms with Gasteiger partial charge in [-0.15, -0.1) is 0 Å². The minimum absolute atomic E-state index is 0.673. The van der Waals surface area contributed by atoms with Gasteiger partial charge in [-0.3, -0.25) is 0 Å². The van der Waals surface area contributed by atoms with E-state index in [4.69, 9.17) is 0 Å². The Bertz CT molecular complexity index is 662. The molecule has 1 aliphatic carbocycles. The molecule has 0 amide bonds. The zero-order valence-corrected chi connectivity index (χ0v) is 13.0. The number of hydrogen-bond acceptors (Lipinski definition) is 4. The molecule has 0 spiro atoms. The molecule has 3 aliphatic rings. The average Bonchev–Trinajstić information content (AvgIpc) is 2.56. The van der Waals surface area contributed by atoms with Crippen molar-refractivity contribution < 1.29 is 0 Å². The molecule has 22 heavy (non-hydrogen) atoms. The summed E-state index contributed by atoms with van der Waals surface area (Å²) in [7, 11) is 0. The van der Waals surface area contributed by atoms with Gasteiger partial charge in [0.05, 0.1) is 0 Å². The van der Waals surface area contributed by atoms with Gasteiger partial charge in [0.1, 0.15) is 18.0 Å². The minimum atomic E-state index is 0.673. The highest BCUT2D eigenvalue weighted by Gasteiger charge is 2.34. The van der Waals surface area contributed by atoms with E-state index in [0.29, 0.717) is 6.04 Å². The van der Waals surface area contributed by atoms with Gasteiger partial charge in [-0.05, 0) is 56.2 Å². The highest BCUT2D eigenvalue weighted by Crippen LogP contribution is 2.37. The van der Waals surface area contributed by atoms with Crippen molar-refractivity contribution in [3.63, 3.8) is 0 Å². The Hall–Kier alpha value is -2.10. The summed E-state index contributed by atoms with van der Waals surface area (Å²) in [5.74, 6) is 2.80. The molecule has 114 valence electrons. The van der Waals surface area contributed by atoms with Gasteiger partial charge in [0.2, 0.25) is 0 Å². The van der Waals surface area contributed by atoms with E-state index in [9.17, 15) is 0 Å². The largest absolute Gasteiger partial charge is 0.353 e. The number of nitrogens with zero attached hydrogens (tertiary/aromatic N) is 3. The van der Waals surface area contributed by atoms with Crippen LogP contribution in [0.3, 0.4) is 0 Å². The first-order chi connectivity index (χ1) is 10.8. The predicted molar refractivity (Wildman–Crippen MR) is 89.6 cm³/mol. The summed E-state index contributed by atoms with van der Waals surface area (Å²) in [4.78, 5) is 11.4. The average molecular weight is 294 g/mol. The maximum Gasteiger partial charge on any atom is 0.135 e. The topological polar surface area (TPSA) is 41.0 Å². The summed E-state index contributed by atoms with van der Waals surface area (Å²) in [6.07, 6.45) is 7.08. The summed E-state index contributed by atoms with van der Waals surface area (Å²) < 4.78 is 0. The van der Waals surface area contributed by atoms with Gasteiger partial charge >= 0.3 is 0 Å². The Balaban J connectivity index is 1.55. The lowest BCUT2D eigenvalue weighted by Gasteiger charge is -2.46. The lowest BCUT2D eigenvalue weighted by Crippen LogP contribution is -2.48. The molecular formula is C18H22N4. The molecule has 4 nitrogen and oxygen atoms in total. The second-order valence-electron chi connectivity index (χ2n) is 6.58. The highest BCUT2D eigenvalue weighted by atomic mass is 15.2. The van der Waals surface area contributed by atoms with Gasteiger partial charge in [0.25, 0.3) is 0 Å². The molecule has 5 rings (SSSR count). The second-order valence-corrected chi connectivity index (χ2v) is 6.58. The van der Waals surface area contributed by atoms with Crippen LogP contribution in [0, 0.1) is 12.8 Å². The second kappa shape index (κ2) is 5.59. The molecule has 2 bridgehead atoms. The van der Waals surface area contributed by atoms with Gasteiger partial charge in [0, 0.05) is 24.3 Å². The number of aromatic nitrogens is 2. The standard InChI is InChI=1S/C18H22N4/c1-13-3-2-4-15(9-13)21-17-10-18(20-12-19-17)22-11-14-5-7-16(22)8-6-14/h2-4,9-10,12,14,16H,5-8,11H2,1H3,(H,19,20,21). The highest BCUT2D eigenvalue weighted by molar-refractivity contribution is 5.60. The van der Waals surface area contributed by atoms with Gasteiger partial charge < -0.3 is 10.2 Å². The third-order valence-corrected chi connectivity index (χ3v) is 4.95. The quantitative estimate of drug-likeness (QED) is 0.932. The fourth-order valence-corrected chi connectivity index (χ4v) is 3.79. The number of rotatable bonds is 3. The van der Waals surface area contributed by atoms with Gasteiger partial charge in [-0.2, -0.15) is 0 Å². The molecule has 2 aliphatic heterocycles. The van der Waals surface area contributed by atoms with E-state index in [1.165, 1.54) is 31.2 Å². The number of hydrogen-bond donors (Lipinski definition) is 1. The number of benzene rings is 1. The van der Waals surface area contributed by atoms with Crippen molar-refractivity contribution in [2.45, 2.75) is 38.6 Å². The van der Waals surface area contributed by atoms with E-state index in [1.54, 1.807) is 6.33 Å². The van der Waals surface area contributed by atoms with Crippen LogP contribution < -0.4 is 10.2 Å². The fourth-order valence-electron chi connectivity index (χ4n) is 3.79. The van der Waals surface area contributed by atoms with E-state index < -0.39 is 0 Å². The van der Waals surface area contributed by atoms with Crippen molar-refractivity contribution in [1.82, 2.24) is 9.97 Å². The number of fused-ring (bicyclic) bond motifs is 3. The van der Waals surface area contributed by atoms with Gasteiger partial charge in [-0.25, -0.2) is 9.97 Å². The zero-order valence-electron chi connectivity index (χ0n) is 13.0. The molecule has 0 unspecified atom stereocenters. The van der Waals surface area contributed by atoms with Crippen molar-refractivity contribution in [2.24, 2.45) is 5.92 Å². The Kier molecular flexibility index (Phi) is 3.45. The van der Waals surface area contributed by atoms with Crippen molar-refractivity contribution in [3.05, 3.63) is 42.2 Å². The van der Waals surface area contributed by atoms with Crippen LogP contribution in [0.15, 0.2) is 36.7 Å². The van der Waals surface area contributed by atoms with Crippen LogP contribution in [0.5, 0.6) is 0 Å². The molecule has 0 atom stereocenters. The van der Waals surface area contributed by atoms with E-state index in [2.05, 4.69) is 57.4 Å². The summed E-state index contributed by atoms with van der Waals surface area (Å²) in [5, 5.41) is 3.39. The lowest BCUT2D eigenvalue weighted by molar-refractivity contribution is 0.251. The molecule has 2 aromatic rings. The Morgan fingerprint density at radius 3 is 2.68 bits per heavy atom. The summed E-state index contributed by atoms with van der Waals surface area (Å²) in [5.41, 5.74) is 2.32. The van der Waals surface area contributed by atoms with Crippen LogP contribution >= 0.6 is 0 Å². The summed E-state index contributed by atoms with van der Waals surface area (Å²) >= 11 is 0. The van der Waals surface area contributed by atoms with Crippen molar-refractivity contribution in [1.29, 1.82) is 0 Å². The first kappa shape index (κ1) is 13.6. The lowest BCUT2D eigenvalue weighted by atomic mass is 9.80. The van der Waals surface area contributed by atoms with E-state index in [0.717, 1.165) is 29.8 Å². The molecule has 3 heterocycles. The first-order valence-corrected chi connectivity index (χ1v) is 8.20. The third kappa shape index (κ3) is 2.65. The third-order valence-electron chi connectivity index (χ3n) is 4.95. The smallest absolute Gasteiger partial charge is 0.135 e. The maximum atomic E-state index is 4.52. The molecule has 2 saturated heterocycles. The van der Waals surface area contributed by atoms with E-state index >= 15 is 0 Å². The van der Waals surface area contributed by atoms with Crippen LogP contribution in [-0.4, -0.2) is 22.6 Å². The van der Waals surface area contributed by atoms with Crippen LogP contribution in [0.1, 0.15) is 31.2 Å². The van der Waals surface area contributed by atoms with Crippen molar-refractivity contribution in [2.75, 3.05) is 16.8 Å². The normalized spacial score (nSPS) is 23.6. The van der Waals surface area contributed by atoms with Crippen LogP contribution in [-0.2, 0) is 0 Å². The number of nitrogens with one attached hydrogen (secondary N) is 1. The Morgan fingerprint density at radius 2 is 1.95 bits per heavy atom. The molecular weight excluding hydrogens is 272 g/mol. The van der Waals surface area contributed by atoms with Gasteiger partial charge in [0.15, 0.2) is 0 Å². The fraction of sp³-hybridized carbons (Fsp3) is 0.444. The van der Waals surface area contributed by atoms with Crippen LogP contribution in [0.25, 0.3) is 0 Å². The maximum absolute atomic E-state index is 4.52. The molecule has 1 aromatic carbocycles. The number of aryl methyl sites for hydroxylation is 1. The minimum Gasteiger partial charge on any atom is -0.353 e. The Morgan fingerprint density at radius 1 is 1.09 bits per heavy atom. The monoisotopic (exact) mass is 294 g/mol. The summed E-state index contributed by atoms with van der Waals surface area (Å²) in [6.45, 7) is 3.26. The zero-order chi connectivity index (χ0) is 14.9. The summed E-state index contributed by atoms with van der Waals surface area (Å²) in [6, 6.07) is 11.1. The first-order valence-electron chi connectivity index (χ1n) is 8.20. The molecule has 1 saturated carbocycles. The number of anilines is 3. The van der Waals surface area contributed by atoms with Crippen LogP contribution in [0.2, 0.25) is 0 Å². The SMILES string of the molecule is Cc1cccc(Nc2cc(N3CC4CCC3CC4)ncn2)c1. The van der Waals surface area contributed by atoms with Gasteiger partial charge in [-0.1, -0.05) is 12.1 Å². The molecule has 3 fully saturated rings. The number of piperidine rings is 2. The van der Waals surface area contributed by atoms with Crippen molar-refractivity contribution >= 4 is 17.3 Å². The molecule has 1 aromatic heterocycles. The molecule has 0 radical (unpaired) electrons. The van der Waals surface area contributed by atoms with E-state index in [1.807, 2.05) is 0 Å². The van der Waals surface area contributed by atoms with E-state index in [-0.39, 0.29) is 0 Å². The van der Waals surface area contributed by atoms with Crippen LogP contribution in [0.4, 0.5) is 17.3 Å². The Labute approximate surface area is 131 Å². The molecule has 1 N–H and O–H groups in total. The predicted octanol–water partition coefficient (Wildman–Crippen LogP) is 3.91. The molecule has 4 heteroatoms. The van der Waals surface area contributed by atoms with Crippen molar-refractivity contribution in [3.8, 4) is 0 Å².